The molecule has 1 aromatic heterocycles. The maximum absolute atomic E-state index is 10.2. The van der Waals surface area contributed by atoms with E-state index in [1.54, 1.807) is 18.2 Å². The topological polar surface area (TPSA) is 65.5 Å². The van der Waals surface area contributed by atoms with Gasteiger partial charge in [0, 0.05) is 5.39 Å². The van der Waals surface area contributed by atoms with Gasteiger partial charge in [-0.15, -0.1) is 4.91 Å². The van der Waals surface area contributed by atoms with Gasteiger partial charge in [-0.05, 0) is 17.3 Å². The average Bonchev–Trinajstić information content (AvgIpc) is 2.44. The molecule has 4 heteroatoms. The van der Waals surface area contributed by atoms with Crippen LogP contribution in [0, 0.1) is 4.91 Å². The van der Waals surface area contributed by atoms with Crippen LogP contribution < -0.4 is 0 Å². The highest BCUT2D eigenvalue weighted by Crippen LogP contribution is 2.33. The molecule has 0 radical (unpaired) electrons. The van der Waals surface area contributed by atoms with Gasteiger partial charge in [-0.25, -0.2) is 0 Å². The summed E-state index contributed by atoms with van der Waals surface area (Å²) in [5.41, 5.74) is 0.713. The molecule has 0 spiro atoms. The van der Waals surface area contributed by atoms with E-state index in [0.29, 0.717) is 10.9 Å². The summed E-state index contributed by atoms with van der Waals surface area (Å²) in [7, 11) is 0. The standard InChI is InChI=1S/C8H6N2O2/c11-7-5-3-1-2-4-6(5)9-8(7)10-12/h1-4,9,11H. The lowest BCUT2D eigenvalue weighted by molar-refractivity contribution is 0.483. The van der Waals surface area contributed by atoms with Crippen LogP contribution in [0.25, 0.3) is 10.9 Å². The quantitative estimate of drug-likeness (QED) is 0.631. The third kappa shape index (κ3) is 0.780. The number of H-pyrrole nitrogens is 1. The van der Waals surface area contributed by atoms with Crippen molar-refractivity contribution in [2.75, 3.05) is 0 Å². The van der Waals surface area contributed by atoms with Gasteiger partial charge in [0.25, 0.3) is 0 Å². The second-order valence-corrected chi connectivity index (χ2v) is 2.46. The first-order valence-electron chi connectivity index (χ1n) is 3.46. The van der Waals surface area contributed by atoms with Crippen molar-refractivity contribution >= 4 is 16.7 Å². The molecule has 2 aromatic rings. The molecule has 0 saturated carbocycles. The van der Waals surface area contributed by atoms with Crippen LogP contribution in [-0.4, -0.2) is 10.1 Å². The van der Waals surface area contributed by atoms with E-state index in [1.165, 1.54) is 0 Å². The molecule has 0 amide bonds. The van der Waals surface area contributed by atoms with E-state index in [0.717, 1.165) is 0 Å². The molecule has 12 heavy (non-hydrogen) atoms. The van der Waals surface area contributed by atoms with Crippen LogP contribution in [0.2, 0.25) is 0 Å². The predicted octanol–water partition coefficient (Wildman–Crippen LogP) is 2.27. The first kappa shape index (κ1) is 6.84. The van der Waals surface area contributed by atoms with Crippen molar-refractivity contribution < 1.29 is 5.11 Å². The van der Waals surface area contributed by atoms with Crippen LogP contribution >= 0.6 is 0 Å². The monoisotopic (exact) mass is 162 g/mol. The van der Waals surface area contributed by atoms with E-state index < -0.39 is 0 Å². The molecule has 2 rings (SSSR count). The van der Waals surface area contributed by atoms with Gasteiger partial charge < -0.3 is 10.1 Å². The van der Waals surface area contributed by atoms with E-state index >= 15 is 0 Å². The number of aromatic nitrogens is 1. The molecule has 0 aliphatic rings. The molecule has 0 saturated heterocycles. The van der Waals surface area contributed by atoms with Crippen LogP contribution in [0.1, 0.15) is 0 Å². The fourth-order valence-corrected chi connectivity index (χ4v) is 1.18. The smallest absolute Gasteiger partial charge is 0.218 e. The molecule has 0 bridgehead atoms. The molecule has 0 fully saturated rings. The number of nitroso groups, excluding NO2 is 1. The van der Waals surface area contributed by atoms with Crippen molar-refractivity contribution in [1.82, 2.24) is 4.98 Å². The van der Waals surface area contributed by atoms with Gasteiger partial charge in [0.15, 0.2) is 5.75 Å². The summed E-state index contributed by atoms with van der Waals surface area (Å²) < 4.78 is 0. The highest BCUT2D eigenvalue weighted by Gasteiger charge is 2.08. The number of aromatic amines is 1. The fraction of sp³-hybridized carbons (Fsp3) is 0. The highest BCUT2D eigenvalue weighted by molar-refractivity contribution is 5.90. The van der Waals surface area contributed by atoms with Crippen LogP contribution in [0.4, 0.5) is 5.82 Å². The number of rotatable bonds is 1. The summed E-state index contributed by atoms with van der Waals surface area (Å²) in [5, 5.41) is 12.6. The van der Waals surface area contributed by atoms with Crippen LogP contribution in [0.5, 0.6) is 5.75 Å². The lowest BCUT2D eigenvalue weighted by Gasteiger charge is -1.86. The Hall–Kier alpha value is -1.84. The minimum absolute atomic E-state index is 0.0174. The summed E-state index contributed by atoms with van der Waals surface area (Å²) in [6.45, 7) is 0. The molecule has 1 heterocycles. The van der Waals surface area contributed by atoms with Gasteiger partial charge >= 0.3 is 0 Å². The number of hydrogen-bond donors (Lipinski definition) is 2. The molecule has 60 valence electrons. The van der Waals surface area contributed by atoms with E-state index in [2.05, 4.69) is 10.2 Å². The Balaban J connectivity index is 2.87. The van der Waals surface area contributed by atoms with Crippen LogP contribution in [-0.2, 0) is 0 Å². The number of para-hydroxylation sites is 1. The number of nitrogens with one attached hydrogen (secondary N) is 1. The maximum atomic E-state index is 10.2. The lowest BCUT2D eigenvalue weighted by atomic mass is 10.2. The maximum Gasteiger partial charge on any atom is 0.218 e. The molecular formula is C8H6N2O2. The van der Waals surface area contributed by atoms with Crippen LogP contribution in [0.15, 0.2) is 29.4 Å². The zero-order chi connectivity index (χ0) is 8.55. The normalized spacial score (nSPS) is 10.3. The highest BCUT2D eigenvalue weighted by atomic mass is 16.3. The van der Waals surface area contributed by atoms with Crippen molar-refractivity contribution in [3.05, 3.63) is 29.2 Å². The molecular weight excluding hydrogens is 156 g/mol. The van der Waals surface area contributed by atoms with Gasteiger partial charge in [0.05, 0.1) is 5.52 Å². The van der Waals surface area contributed by atoms with E-state index in [-0.39, 0.29) is 11.6 Å². The average molecular weight is 162 g/mol. The second kappa shape index (κ2) is 2.34. The van der Waals surface area contributed by atoms with E-state index in [4.69, 9.17) is 0 Å². The fourth-order valence-electron chi connectivity index (χ4n) is 1.18. The third-order valence-electron chi connectivity index (χ3n) is 1.75. The molecule has 0 aliphatic carbocycles. The van der Waals surface area contributed by atoms with E-state index in [9.17, 15) is 10.0 Å². The number of benzene rings is 1. The van der Waals surface area contributed by atoms with Crippen molar-refractivity contribution in [3.8, 4) is 5.75 Å². The first-order chi connectivity index (χ1) is 5.83. The number of hydrogen-bond acceptors (Lipinski definition) is 3. The number of nitrogens with zero attached hydrogens (tertiary/aromatic N) is 1. The molecule has 0 aliphatic heterocycles. The molecule has 0 unspecified atom stereocenters. The third-order valence-corrected chi connectivity index (χ3v) is 1.75. The van der Waals surface area contributed by atoms with Crippen LogP contribution in [0.3, 0.4) is 0 Å². The minimum atomic E-state index is -0.0828. The summed E-state index contributed by atoms with van der Waals surface area (Å²) in [4.78, 5) is 12.8. The van der Waals surface area contributed by atoms with Crippen molar-refractivity contribution in [2.45, 2.75) is 0 Å². The number of aromatic hydroxyl groups is 1. The molecule has 2 N–H and O–H groups in total. The Kier molecular flexibility index (Phi) is 1.33. The van der Waals surface area contributed by atoms with Gasteiger partial charge in [0.2, 0.25) is 5.82 Å². The largest absolute Gasteiger partial charge is 0.504 e. The summed E-state index contributed by atoms with van der Waals surface area (Å²) in [6.07, 6.45) is 0. The Labute approximate surface area is 67.8 Å². The lowest BCUT2D eigenvalue weighted by Crippen LogP contribution is -1.63. The van der Waals surface area contributed by atoms with Gasteiger partial charge in [0.1, 0.15) is 0 Å². The van der Waals surface area contributed by atoms with Gasteiger partial charge in [-0.3, -0.25) is 0 Å². The van der Waals surface area contributed by atoms with Crippen molar-refractivity contribution in [2.24, 2.45) is 5.18 Å². The summed E-state index contributed by atoms with van der Waals surface area (Å²) in [6, 6.07) is 7.08. The predicted molar refractivity (Wildman–Crippen MR) is 45.4 cm³/mol. The molecule has 1 aromatic carbocycles. The Bertz CT molecular complexity index is 434. The van der Waals surface area contributed by atoms with Crippen molar-refractivity contribution in [3.63, 3.8) is 0 Å². The zero-order valence-electron chi connectivity index (χ0n) is 6.11. The van der Waals surface area contributed by atoms with Crippen molar-refractivity contribution in [1.29, 1.82) is 0 Å². The molecule has 0 atom stereocenters. The second-order valence-electron chi connectivity index (χ2n) is 2.46. The van der Waals surface area contributed by atoms with Gasteiger partial charge in [-0.2, -0.15) is 0 Å². The first-order valence-corrected chi connectivity index (χ1v) is 3.46. The van der Waals surface area contributed by atoms with Gasteiger partial charge in [-0.1, -0.05) is 12.1 Å². The number of fused-ring (bicyclic) bond motifs is 1. The summed E-state index contributed by atoms with van der Waals surface area (Å²) in [5.74, 6) is -0.100. The molecule has 4 nitrogen and oxygen atoms in total. The minimum Gasteiger partial charge on any atom is -0.504 e. The Morgan fingerprint density at radius 2 is 2.08 bits per heavy atom. The SMILES string of the molecule is O=Nc1[nH]c2ccccc2c1O. The Morgan fingerprint density at radius 3 is 2.75 bits per heavy atom. The van der Waals surface area contributed by atoms with E-state index in [1.807, 2.05) is 6.07 Å². The Morgan fingerprint density at radius 1 is 1.33 bits per heavy atom. The summed E-state index contributed by atoms with van der Waals surface area (Å²) >= 11 is 0. The zero-order valence-corrected chi connectivity index (χ0v) is 6.11.